The number of anilines is 2. The standard InChI is InChI=1S/C12H13N3O2S/c1-15(2)8-5-3-7(4-6-8)11-14-9(12(16)17)10(13)18-11/h3-6H,13H2,1-2H3,(H,16,17). The van der Waals surface area contributed by atoms with Crippen molar-refractivity contribution in [1.82, 2.24) is 4.98 Å². The highest BCUT2D eigenvalue weighted by atomic mass is 32.1. The van der Waals surface area contributed by atoms with E-state index in [0.717, 1.165) is 11.3 Å². The maximum atomic E-state index is 10.9. The lowest BCUT2D eigenvalue weighted by Crippen LogP contribution is -2.07. The molecule has 5 nitrogen and oxygen atoms in total. The molecule has 0 unspecified atom stereocenters. The molecule has 3 N–H and O–H groups in total. The fourth-order valence-electron chi connectivity index (χ4n) is 1.51. The first-order valence-electron chi connectivity index (χ1n) is 5.26. The van der Waals surface area contributed by atoms with Crippen LogP contribution in [0.2, 0.25) is 0 Å². The van der Waals surface area contributed by atoms with Crippen LogP contribution in [-0.4, -0.2) is 30.2 Å². The van der Waals surface area contributed by atoms with Gasteiger partial charge >= 0.3 is 5.97 Å². The van der Waals surface area contributed by atoms with Crippen molar-refractivity contribution in [2.75, 3.05) is 24.7 Å². The Kier molecular flexibility index (Phi) is 3.20. The number of carboxylic acids is 1. The quantitative estimate of drug-likeness (QED) is 0.887. The van der Waals surface area contributed by atoms with Gasteiger partial charge in [0.15, 0.2) is 5.69 Å². The summed E-state index contributed by atoms with van der Waals surface area (Å²) in [5, 5.41) is 9.75. The Morgan fingerprint density at radius 1 is 1.33 bits per heavy atom. The number of hydrogen-bond donors (Lipinski definition) is 2. The van der Waals surface area contributed by atoms with Crippen molar-refractivity contribution in [3.8, 4) is 10.6 Å². The molecule has 0 aliphatic carbocycles. The molecule has 0 fully saturated rings. The second-order valence-corrected chi connectivity index (χ2v) is 5.01. The van der Waals surface area contributed by atoms with E-state index in [0.29, 0.717) is 5.01 Å². The monoisotopic (exact) mass is 263 g/mol. The number of nitrogens with zero attached hydrogens (tertiary/aromatic N) is 2. The number of aromatic nitrogens is 1. The van der Waals surface area contributed by atoms with Crippen LogP contribution in [0.1, 0.15) is 10.5 Å². The van der Waals surface area contributed by atoms with Crippen molar-refractivity contribution in [3.63, 3.8) is 0 Å². The van der Waals surface area contributed by atoms with Gasteiger partial charge in [-0.1, -0.05) is 11.3 Å². The molecular weight excluding hydrogens is 250 g/mol. The van der Waals surface area contributed by atoms with E-state index >= 15 is 0 Å². The van der Waals surface area contributed by atoms with Gasteiger partial charge in [-0.25, -0.2) is 9.78 Å². The van der Waals surface area contributed by atoms with Gasteiger partial charge in [0.05, 0.1) is 0 Å². The number of hydrogen-bond acceptors (Lipinski definition) is 5. The molecule has 6 heteroatoms. The molecule has 0 aliphatic heterocycles. The first kappa shape index (κ1) is 12.4. The van der Waals surface area contributed by atoms with Crippen LogP contribution in [0.3, 0.4) is 0 Å². The third-order valence-electron chi connectivity index (χ3n) is 2.49. The van der Waals surface area contributed by atoms with Crippen molar-refractivity contribution in [2.24, 2.45) is 0 Å². The van der Waals surface area contributed by atoms with Gasteiger partial charge in [-0.05, 0) is 24.3 Å². The van der Waals surface area contributed by atoms with E-state index in [9.17, 15) is 4.79 Å². The second-order valence-electron chi connectivity index (χ2n) is 3.98. The Labute approximate surface area is 108 Å². The number of thiazole rings is 1. The van der Waals surface area contributed by atoms with Crippen LogP contribution in [0.25, 0.3) is 10.6 Å². The molecule has 1 aromatic carbocycles. The summed E-state index contributed by atoms with van der Waals surface area (Å²) < 4.78 is 0. The van der Waals surface area contributed by atoms with E-state index in [2.05, 4.69) is 4.98 Å². The van der Waals surface area contributed by atoms with Crippen LogP contribution in [0.5, 0.6) is 0 Å². The highest BCUT2D eigenvalue weighted by Crippen LogP contribution is 2.30. The lowest BCUT2D eigenvalue weighted by atomic mass is 10.2. The second kappa shape index (κ2) is 4.66. The molecule has 0 atom stereocenters. The van der Waals surface area contributed by atoms with Gasteiger partial charge in [0.2, 0.25) is 0 Å². The molecule has 0 spiro atoms. The molecule has 0 radical (unpaired) electrons. The van der Waals surface area contributed by atoms with Gasteiger partial charge in [0, 0.05) is 25.3 Å². The SMILES string of the molecule is CN(C)c1ccc(-c2nc(C(=O)O)c(N)s2)cc1. The summed E-state index contributed by atoms with van der Waals surface area (Å²) in [4.78, 5) is 16.9. The Bertz CT molecular complexity index is 576. The maximum Gasteiger partial charge on any atom is 0.357 e. The average molecular weight is 263 g/mol. The lowest BCUT2D eigenvalue weighted by Gasteiger charge is -2.11. The summed E-state index contributed by atoms with van der Waals surface area (Å²) in [6, 6.07) is 7.71. The normalized spacial score (nSPS) is 10.3. The fourth-order valence-corrected chi connectivity index (χ4v) is 2.34. The van der Waals surface area contributed by atoms with Crippen LogP contribution in [0.15, 0.2) is 24.3 Å². The van der Waals surface area contributed by atoms with Crippen molar-refractivity contribution in [2.45, 2.75) is 0 Å². The van der Waals surface area contributed by atoms with Gasteiger partial charge in [-0.15, -0.1) is 0 Å². The highest BCUT2D eigenvalue weighted by Gasteiger charge is 2.15. The van der Waals surface area contributed by atoms with Crippen LogP contribution in [0.4, 0.5) is 10.7 Å². The number of nitrogen functional groups attached to an aromatic ring is 1. The van der Waals surface area contributed by atoms with E-state index in [1.807, 2.05) is 43.3 Å². The maximum absolute atomic E-state index is 10.9. The minimum Gasteiger partial charge on any atom is -0.476 e. The van der Waals surface area contributed by atoms with Crippen molar-refractivity contribution in [1.29, 1.82) is 0 Å². The van der Waals surface area contributed by atoms with E-state index in [1.165, 1.54) is 11.3 Å². The van der Waals surface area contributed by atoms with Crippen molar-refractivity contribution < 1.29 is 9.90 Å². The van der Waals surface area contributed by atoms with Gasteiger partial charge in [0.25, 0.3) is 0 Å². The van der Waals surface area contributed by atoms with Gasteiger partial charge in [-0.3, -0.25) is 0 Å². The molecule has 18 heavy (non-hydrogen) atoms. The molecule has 0 bridgehead atoms. The Hall–Kier alpha value is -2.08. The first-order chi connectivity index (χ1) is 8.49. The minimum atomic E-state index is -1.10. The van der Waals surface area contributed by atoms with Crippen molar-refractivity contribution in [3.05, 3.63) is 30.0 Å². The molecule has 0 amide bonds. The third-order valence-corrected chi connectivity index (χ3v) is 3.42. The Morgan fingerprint density at radius 3 is 2.39 bits per heavy atom. The van der Waals surface area contributed by atoms with Gasteiger partial charge < -0.3 is 15.7 Å². The summed E-state index contributed by atoms with van der Waals surface area (Å²) in [6.45, 7) is 0. The number of rotatable bonds is 3. The predicted molar refractivity (Wildman–Crippen MR) is 73.2 cm³/mol. The molecule has 1 aromatic heterocycles. The van der Waals surface area contributed by atoms with Gasteiger partial charge in [0.1, 0.15) is 10.0 Å². The summed E-state index contributed by atoms with van der Waals surface area (Å²) in [7, 11) is 3.91. The molecule has 0 saturated heterocycles. The van der Waals surface area contributed by atoms with Crippen LogP contribution in [0, 0.1) is 0 Å². The largest absolute Gasteiger partial charge is 0.476 e. The highest BCUT2D eigenvalue weighted by molar-refractivity contribution is 7.19. The van der Waals surface area contributed by atoms with Crippen molar-refractivity contribution >= 4 is 28.0 Å². The molecule has 0 aliphatic rings. The predicted octanol–water partition coefficient (Wildman–Crippen LogP) is 2.16. The van der Waals surface area contributed by atoms with E-state index in [1.54, 1.807) is 0 Å². The smallest absolute Gasteiger partial charge is 0.357 e. The minimum absolute atomic E-state index is 0.0771. The van der Waals surface area contributed by atoms with E-state index < -0.39 is 5.97 Å². The Balaban J connectivity index is 2.37. The van der Waals surface area contributed by atoms with Gasteiger partial charge in [-0.2, -0.15) is 0 Å². The lowest BCUT2D eigenvalue weighted by molar-refractivity contribution is 0.0692. The molecular formula is C12H13N3O2S. The zero-order chi connectivity index (χ0) is 13.3. The number of carbonyl (C=O) groups is 1. The number of aromatic carboxylic acids is 1. The van der Waals surface area contributed by atoms with E-state index in [4.69, 9.17) is 10.8 Å². The zero-order valence-electron chi connectivity index (χ0n) is 10.0. The summed E-state index contributed by atoms with van der Waals surface area (Å²) in [5.41, 5.74) is 7.48. The Morgan fingerprint density at radius 2 is 1.94 bits per heavy atom. The van der Waals surface area contributed by atoms with Crippen LogP contribution < -0.4 is 10.6 Å². The van der Waals surface area contributed by atoms with E-state index in [-0.39, 0.29) is 10.7 Å². The fraction of sp³-hybridized carbons (Fsp3) is 0.167. The average Bonchev–Trinajstić information content (AvgIpc) is 2.71. The molecule has 2 rings (SSSR count). The number of carboxylic acid groups (broad SMARTS) is 1. The molecule has 94 valence electrons. The summed E-state index contributed by atoms with van der Waals surface area (Å²) in [5.74, 6) is -1.10. The number of benzene rings is 1. The zero-order valence-corrected chi connectivity index (χ0v) is 10.9. The topological polar surface area (TPSA) is 79.5 Å². The molecule has 0 saturated carbocycles. The summed E-state index contributed by atoms with van der Waals surface area (Å²) in [6.07, 6.45) is 0. The molecule has 2 aromatic rings. The molecule has 1 heterocycles. The summed E-state index contributed by atoms with van der Waals surface area (Å²) >= 11 is 1.18. The number of nitrogens with two attached hydrogens (primary N) is 1. The van der Waals surface area contributed by atoms with Crippen LogP contribution >= 0.6 is 11.3 Å². The van der Waals surface area contributed by atoms with Crippen LogP contribution in [-0.2, 0) is 0 Å². The third kappa shape index (κ3) is 2.28. The first-order valence-corrected chi connectivity index (χ1v) is 6.08.